The second-order valence-corrected chi connectivity index (χ2v) is 4.53. The monoisotopic (exact) mass is 259 g/mol. The Morgan fingerprint density at radius 2 is 1.84 bits per heavy atom. The Kier molecular flexibility index (Phi) is 4.39. The molecule has 0 aliphatic rings. The van der Waals surface area contributed by atoms with Crippen molar-refractivity contribution in [2.75, 3.05) is 5.73 Å². The van der Waals surface area contributed by atoms with Crippen LogP contribution < -0.4 is 10.5 Å². The first-order chi connectivity index (χ1) is 9.19. The summed E-state index contributed by atoms with van der Waals surface area (Å²) < 4.78 is 18.6. The van der Waals surface area contributed by atoms with Crippen LogP contribution in [0.1, 0.15) is 24.5 Å². The highest BCUT2D eigenvalue weighted by Crippen LogP contribution is 2.18. The first-order valence-corrected chi connectivity index (χ1v) is 6.44. The van der Waals surface area contributed by atoms with Gasteiger partial charge < -0.3 is 10.5 Å². The van der Waals surface area contributed by atoms with Crippen molar-refractivity contribution >= 4 is 5.69 Å². The van der Waals surface area contributed by atoms with Crippen LogP contribution in [0.25, 0.3) is 0 Å². The van der Waals surface area contributed by atoms with Crippen LogP contribution in [0.15, 0.2) is 42.5 Å². The van der Waals surface area contributed by atoms with E-state index in [0.717, 1.165) is 24.2 Å². The normalized spacial score (nSPS) is 10.4. The highest BCUT2D eigenvalue weighted by Gasteiger charge is 2.02. The largest absolute Gasteiger partial charge is 0.489 e. The average Bonchev–Trinajstić information content (AvgIpc) is 2.40. The minimum absolute atomic E-state index is 0.329. The molecular formula is C16H18FNO. The summed E-state index contributed by atoms with van der Waals surface area (Å²) in [5, 5.41) is 0. The molecule has 2 aromatic carbocycles. The van der Waals surface area contributed by atoms with E-state index in [0.29, 0.717) is 12.3 Å². The van der Waals surface area contributed by atoms with Gasteiger partial charge in [-0.2, -0.15) is 0 Å². The fourth-order valence-electron chi connectivity index (χ4n) is 1.90. The summed E-state index contributed by atoms with van der Waals surface area (Å²) in [4.78, 5) is 0. The second kappa shape index (κ2) is 6.23. The first kappa shape index (κ1) is 13.4. The van der Waals surface area contributed by atoms with Crippen molar-refractivity contribution in [1.29, 1.82) is 0 Å². The van der Waals surface area contributed by atoms with Crippen molar-refractivity contribution in [2.24, 2.45) is 0 Å². The summed E-state index contributed by atoms with van der Waals surface area (Å²) in [5.41, 5.74) is 8.24. The lowest BCUT2D eigenvalue weighted by Crippen LogP contribution is -2.00. The van der Waals surface area contributed by atoms with Crippen LogP contribution >= 0.6 is 0 Å². The van der Waals surface area contributed by atoms with Gasteiger partial charge in [0.05, 0.1) is 0 Å². The number of rotatable bonds is 5. The quantitative estimate of drug-likeness (QED) is 0.825. The van der Waals surface area contributed by atoms with Crippen molar-refractivity contribution in [2.45, 2.75) is 26.4 Å². The molecule has 0 aliphatic carbocycles. The molecule has 0 amide bonds. The van der Waals surface area contributed by atoms with Gasteiger partial charge in [0, 0.05) is 11.3 Å². The molecule has 2 nitrogen and oxygen atoms in total. The SMILES string of the molecule is CCCc1ccc(OCc2ccc(F)cc2N)cc1. The van der Waals surface area contributed by atoms with Crippen LogP contribution in [-0.4, -0.2) is 0 Å². The van der Waals surface area contributed by atoms with Gasteiger partial charge in [0.1, 0.15) is 18.2 Å². The van der Waals surface area contributed by atoms with E-state index >= 15 is 0 Å². The van der Waals surface area contributed by atoms with Gasteiger partial charge in [0.15, 0.2) is 0 Å². The molecule has 0 spiro atoms. The number of anilines is 1. The number of hydrogen-bond acceptors (Lipinski definition) is 2. The molecule has 3 heteroatoms. The Morgan fingerprint density at radius 3 is 2.47 bits per heavy atom. The standard InChI is InChI=1S/C16H18FNO/c1-2-3-12-4-8-15(9-5-12)19-11-13-6-7-14(17)10-16(13)18/h4-10H,2-3,11,18H2,1H3. The molecule has 0 radical (unpaired) electrons. The molecule has 19 heavy (non-hydrogen) atoms. The minimum Gasteiger partial charge on any atom is -0.489 e. The number of nitrogen functional groups attached to an aromatic ring is 1. The van der Waals surface area contributed by atoms with Gasteiger partial charge in [0.2, 0.25) is 0 Å². The number of hydrogen-bond donors (Lipinski definition) is 1. The summed E-state index contributed by atoms with van der Waals surface area (Å²) in [6.45, 7) is 2.50. The number of halogens is 1. The van der Waals surface area contributed by atoms with E-state index in [4.69, 9.17) is 10.5 Å². The van der Waals surface area contributed by atoms with Crippen molar-refractivity contribution < 1.29 is 9.13 Å². The van der Waals surface area contributed by atoms with Gasteiger partial charge in [-0.15, -0.1) is 0 Å². The fraction of sp³-hybridized carbons (Fsp3) is 0.250. The molecular weight excluding hydrogens is 241 g/mol. The predicted octanol–water partition coefficient (Wildman–Crippen LogP) is 3.94. The number of ether oxygens (including phenoxy) is 1. The smallest absolute Gasteiger partial charge is 0.125 e. The third-order valence-corrected chi connectivity index (χ3v) is 2.96. The van der Waals surface area contributed by atoms with Crippen LogP contribution in [-0.2, 0) is 13.0 Å². The third-order valence-electron chi connectivity index (χ3n) is 2.96. The molecule has 0 saturated carbocycles. The van der Waals surface area contributed by atoms with Crippen molar-refractivity contribution in [3.8, 4) is 5.75 Å². The zero-order valence-electron chi connectivity index (χ0n) is 11.0. The Morgan fingerprint density at radius 1 is 1.11 bits per heavy atom. The lowest BCUT2D eigenvalue weighted by atomic mass is 10.1. The maximum absolute atomic E-state index is 12.9. The van der Waals surface area contributed by atoms with Gasteiger partial charge in [-0.05, 0) is 36.2 Å². The lowest BCUT2D eigenvalue weighted by molar-refractivity contribution is 0.306. The number of aryl methyl sites for hydroxylation is 1. The predicted molar refractivity (Wildman–Crippen MR) is 75.6 cm³/mol. The zero-order chi connectivity index (χ0) is 13.7. The summed E-state index contributed by atoms with van der Waals surface area (Å²) >= 11 is 0. The molecule has 2 N–H and O–H groups in total. The van der Waals surface area contributed by atoms with Gasteiger partial charge in [-0.3, -0.25) is 0 Å². The van der Waals surface area contributed by atoms with E-state index in [-0.39, 0.29) is 5.82 Å². The highest BCUT2D eigenvalue weighted by atomic mass is 19.1. The second-order valence-electron chi connectivity index (χ2n) is 4.53. The van der Waals surface area contributed by atoms with E-state index in [1.165, 1.54) is 17.7 Å². The first-order valence-electron chi connectivity index (χ1n) is 6.44. The van der Waals surface area contributed by atoms with Crippen LogP contribution in [0, 0.1) is 5.82 Å². The molecule has 0 atom stereocenters. The summed E-state index contributed by atoms with van der Waals surface area (Å²) in [7, 11) is 0. The van der Waals surface area contributed by atoms with Crippen molar-refractivity contribution in [3.63, 3.8) is 0 Å². The molecule has 100 valence electrons. The molecule has 0 bridgehead atoms. The molecule has 2 aromatic rings. The Balaban J connectivity index is 1.98. The van der Waals surface area contributed by atoms with Crippen LogP contribution in [0.5, 0.6) is 5.75 Å². The van der Waals surface area contributed by atoms with Gasteiger partial charge in [0.25, 0.3) is 0 Å². The number of benzene rings is 2. The van der Waals surface area contributed by atoms with Crippen molar-refractivity contribution in [1.82, 2.24) is 0 Å². The molecule has 0 fully saturated rings. The van der Waals surface area contributed by atoms with Crippen LogP contribution in [0.2, 0.25) is 0 Å². The van der Waals surface area contributed by atoms with Crippen molar-refractivity contribution in [3.05, 3.63) is 59.4 Å². The highest BCUT2D eigenvalue weighted by molar-refractivity contribution is 5.46. The minimum atomic E-state index is -0.329. The van der Waals surface area contributed by atoms with E-state index in [2.05, 4.69) is 19.1 Å². The van der Waals surface area contributed by atoms with Gasteiger partial charge >= 0.3 is 0 Å². The Bertz CT molecular complexity index is 537. The topological polar surface area (TPSA) is 35.2 Å². The molecule has 0 heterocycles. The Hall–Kier alpha value is -2.03. The Labute approximate surface area is 113 Å². The summed E-state index contributed by atoms with van der Waals surface area (Å²) in [6, 6.07) is 12.4. The van der Waals surface area contributed by atoms with Crippen LogP contribution in [0.3, 0.4) is 0 Å². The third kappa shape index (κ3) is 3.71. The molecule has 2 rings (SSSR count). The van der Waals surface area contributed by atoms with Crippen LogP contribution in [0.4, 0.5) is 10.1 Å². The zero-order valence-corrected chi connectivity index (χ0v) is 11.0. The molecule has 0 aromatic heterocycles. The number of nitrogens with two attached hydrogens (primary N) is 1. The van der Waals surface area contributed by atoms with E-state index in [1.807, 2.05) is 12.1 Å². The molecule has 0 unspecified atom stereocenters. The molecule has 0 aliphatic heterocycles. The maximum atomic E-state index is 12.9. The fourth-order valence-corrected chi connectivity index (χ4v) is 1.90. The lowest BCUT2D eigenvalue weighted by Gasteiger charge is -2.09. The van der Waals surface area contributed by atoms with Gasteiger partial charge in [-0.1, -0.05) is 31.5 Å². The van der Waals surface area contributed by atoms with E-state index in [9.17, 15) is 4.39 Å². The van der Waals surface area contributed by atoms with Gasteiger partial charge in [-0.25, -0.2) is 4.39 Å². The summed E-state index contributed by atoms with van der Waals surface area (Å²) in [6.07, 6.45) is 2.21. The summed E-state index contributed by atoms with van der Waals surface area (Å²) in [5.74, 6) is 0.466. The van der Waals surface area contributed by atoms with E-state index < -0.39 is 0 Å². The van der Waals surface area contributed by atoms with E-state index in [1.54, 1.807) is 6.07 Å². The maximum Gasteiger partial charge on any atom is 0.125 e. The average molecular weight is 259 g/mol. The molecule has 0 saturated heterocycles.